The fraction of sp³-hybridized carbons (Fsp3) is 0.348. The van der Waals surface area contributed by atoms with Gasteiger partial charge in [0.1, 0.15) is 12.6 Å². The number of ether oxygens (including phenoxy) is 2. The van der Waals surface area contributed by atoms with E-state index in [1.807, 2.05) is 53.4 Å². The lowest BCUT2D eigenvalue weighted by Crippen LogP contribution is -2.56. The predicted octanol–water partition coefficient (Wildman–Crippen LogP) is 1.17. The second kappa shape index (κ2) is 9.69. The summed E-state index contributed by atoms with van der Waals surface area (Å²) in [7, 11) is 1.46. The van der Waals surface area contributed by atoms with Crippen LogP contribution in [0.15, 0.2) is 54.6 Å². The van der Waals surface area contributed by atoms with Gasteiger partial charge in [-0.1, -0.05) is 42.5 Å². The molecule has 2 heterocycles. The summed E-state index contributed by atoms with van der Waals surface area (Å²) in [4.78, 5) is 41.3. The van der Waals surface area contributed by atoms with Crippen LogP contribution >= 0.6 is 0 Å². The van der Waals surface area contributed by atoms with E-state index in [9.17, 15) is 14.4 Å². The van der Waals surface area contributed by atoms with E-state index in [1.165, 1.54) is 7.05 Å². The number of imide groups is 1. The van der Waals surface area contributed by atoms with Crippen molar-refractivity contribution in [1.82, 2.24) is 20.4 Å². The molecule has 2 atom stereocenters. The van der Waals surface area contributed by atoms with Crippen molar-refractivity contribution in [3.05, 3.63) is 60.2 Å². The van der Waals surface area contributed by atoms with Gasteiger partial charge in [-0.05, 0) is 17.7 Å². The van der Waals surface area contributed by atoms with Crippen molar-refractivity contribution in [2.45, 2.75) is 12.1 Å². The predicted molar refractivity (Wildman–Crippen MR) is 116 cm³/mol. The van der Waals surface area contributed by atoms with E-state index < -0.39 is 24.1 Å². The molecule has 0 unspecified atom stereocenters. The molecule has 0 spiro atoms. The Hall–Kier alpha value is -3.59. The van der Waals surface area contributed by atoms with Crippen LogP contribution in [0.5, 0.6) is 11.5 Å². The van der Waals surface area contributed by atoms with Gasteiger partial charge in [0, 0.05) is 33.2 Å². The van der Waals surface area contributed by atoms with Crippen LogP contribution in [-0.2, 0) is 9.59 Å². The summed E-state index contributed by atoms with van der Waals surface area (Å²) in [5, 5.41) is 4.78. The molecule has 2 aromatic carbocycles. The van der Waals surface area contributed by atoms with E-state index in [-0.39, 0.29) is 12.5 Å². The second-order valence-electron chi connectivity index (χ2n) is 7.61. The summed E-state index contributed by atoms with van der Waals surface area (Å²) >= 11 is 0. The molecule has 1 fully saturated rings. The second-order valence-corrected chi connectivity index (χ2v) is 7.61. The number of carbonyl (C=O) groups is 3. The Morgan fingerprint density at radius 2 is 1.59 bits per heavy atom. The van der Waals surface area contributed by atoms with Gasteiger partial charge in [-0.15, -0.1) is 0 Å². The number of urea groups is 1. The number of benzene rings is 2. The topological polar surface area (TPSA) is 100 Å². The number of fused-ring (bicyclic) bond motifs is 1. The number of rotatable bonds is 4. The number of amides is 4. The minimum atomic E-state index is -0.696. The molecule has 0 aromatic heterocycles. The van der Waals surface area contributed by atoms with E-state index in [0.29, 0.717) is 37.7 Å². The van der Waals surface area contributed by atoms with Crippen molar-refractivity contribution in [3.63, 3.8) is 0 Å². The highest BCUT2D eigenvalue weighted by Crippen LogP contribution is 2.31. The summed E-state index contributed by atoms with van der Waals surface area (Å²) in [6.07, 6.45) is -0.696. The Morgan fingerprint density at radius 3 is 2.28 bits per heavy atom. The van der Waals surface area contributed by atoms with Gasteiger partial charge in [-0.3, -0.25) is 19.8 Å². The fourth-order valence-electron chi connectivity index (χ4n) is 3.95. The zero-order valence-corrected chi connectivity index (χ0v) is 17.8. The molecule has 9 nitrogen and oxygen atoms in total. The van der Waals surface area contributed by atoms with E-state index in [2.05, 4.69) is 10.6 Å². The Balaban J connectivity index is 1.41. The Kier molecular flexibility index (Phi) is 6.55. The zero-order chi connectivity index (χ0) is 22.5. The van der Waals surface area contributed by atoms with Crippen LogP contribution in [0.3, 0.4) is 0 Å². The van der Waals surface area contributed by atoms with E-state index >= 15 is 0 Å². The normalized spacial score (nSPS) is 19.0. The molecule has 0 bridgehead atoms. The summed E-state index contributed by atoms with van der Waals surface area (Å²) in [5.41, 5.74) is 0.786. The maximum atomic E-state index is 13.0. The molecule has 2 aliphatic heterocycles. The first-order valence-electron chi connectivity index (χ1n) is 10.6. The largest absolute Gasteiger partial charge is 0.485 e. The van der Waals surface area contributed by atoms with Crippen LogP contribution in [0.2, 0.25) is 0 Å². The first-order valence-corrected chi connectivity index (χ1v) is 10.6. The van der Waals surface area contributed by atoms with Crippen molar-refractivity contribution in [1.29, 1.82) is 0 Å². The third-order valence-electron chi connectivity index (χ3n) is 5.60. The highest BCUT2D eigenvalue weighted by atomic mass is 16.6. The molecule has 32 heavy (non-hydrogen) atoms. The van der Waals surface area contributed by atoms with E-state index in [0.717, 1.165) is 5.56 Å². The van der Waals surface area contributed by atoms with Gasteiger partial charge in [0.15, 0.2) is 11.5 Å². The van der Waals surface area contributed by atoms with Crippen LogP contribution in [0.25, 0.3) is 0 Å². The van der Waals surface area contributed by atoms with Crippen LogP contribution < -0.4 is 20.1 Å². The van der Waals surface area contributed by atoms with Crippen LogP contribution in [0, 0.1) is 0 Å². The molecule has 2 aliphatic rings. The van der Waals surface area contributed by atoms with Crippen molar-refractivity contribution in [2.24, 2.45) is 0 Å². The maximum absolute atomic E-state index is 13.0. The average molecular weight is 438 g/mol. The maximum Gasteiger partial charge on any atom is 0.321 e. The minimum absolute atomic E-state index is 0.134. The van der Waals surface area contributed by atoms with Crippen molar-refractivity contribution in [3.8, 4) is 11.5 Å². The lowest BCUT2D eigenvalue weighted by atomic mass is 10.0. The zero-order valence-electron chi connectivity index (χ0n) is 17.8. The lowest BCUT2D eigenvalue weighted by molar-refractivity contribution is -0.143. The summed E-state index contributed by atoms with van der Waals surface area (Å²) in [6, 6.07) is 15.4. The first kappa shape index (κ1) is 21.6. The monoisotopic (exact) mass is 438 g/mol. The highest BCUT2D eigenvalue weighted by molar-refractivity contribution is 5.97. The van der Waals surface area contributed by atoms with E-state index in [4.69, 9.17) is 9.47 Å². The smallest absolute Gasteiger partial charge is 0.321 e. The molecular weight excluding hydrogens is 412 g/mol. The molecular formula is C23H26N4O5. The molecule has 2 N–H and O–H groups in total. The molecule has 0 aliphatic carbocycles. The van der Waals surface area contributed by atoms with Gasteiger partial charge in [-0.25, -0.2) is 4.79 Å². The van der Waals surface area contributed by atoms with Crippen LogP contribution in [0.1, 0.15) is 11.6 Å². The number of piperazine rings is 1. The van der Waals surface area contributed by atoms with Gasteiger partial charge in [0.25, 0.3) is 5.91 Å². The lowest BCUT2D eigenvalue weighted by Gasteiger charge is -2.40. The molecule has 168 valence electrons. The summed E-state index contributed by atoms with van der Waals surface area (Å²) < 4.78 is 11.5. The van der Waals surface area contributed by atoms with Gasteiger partial charge in [0.2, 0.25) is 12.0 Å². The Morgan fingerprint density at radius 1 is 0.938 bits per heavy atom. The Labute approximate surface area is 186 Å². The molecule has 0 radical (unpaired) electrons. The standard InChI is InChI=1S/C23H26N4O5/c1-24-23(30)25-21(28)20(16-7-3-2-4-8-16)26-11-13-27(14-12-26)22(29)19-15-31-17-9-5-6-10-18(17)32-19/h2-10,19-20H,11-15H2,1H3,(H2,24,25,28,30)/t19-,20-/m1/s1. The number of hydrogen-bond acceptors (Lipinski definition) is 6. The fourth-order valence-corrected chi connectivity index (χ4v) is 3.95. The van der Waals surface area contributed by atoms with Crippen molar-refractivity contribution >= 4 is 17.8 Å². The minimum Gasteiger partial charge on any atom is -0.485 e. The molecule has 9 heteroatoms. The quantitative estimate of drug-likeness (QED) is 0.743. The third-order valence-corrected chi connectivity index (χ3v) is 5.60. The highest BCUT2D eigenvalue weighted by Gasteiger charge is 2.36. The summed E-state index contributed by atoms with van der Waals surface area (Å²) in [6.45, 7) is 2.01. The van der Waals surface area contributed by atoms with E-state index in [1.54, 1.807) is 11.0 Å². The van der Waals surface area contributed by atoms with Gasteiger partial charge < -0.3 is 19.7 Å². The number of nitrogens with zero attached hydrogens (tertiary/aromatic N) is 2. The molecule has 2 aromatic rings. The number of para-hydroxylation sites is 2. The molecule has 1 saturated heterocycles. The SMILES string of the molecule is CNC(=O)NC(=O)[C@@H](c1ccccc1)N1CCN(C(=O)[C@H]2COc3ccccc3O2)CC1. The van der Waals surface area contributed by atoms with Crippen LogP contribution in [-0.4, -0.2) is 73.6 Å². The van der Waals surface area contributed by atoms with Gasteiger partial charge in [0.05, 0.1) is 0 Å². The van der Waals surface area contributed by atoms with Crippen molar-refractivity contribution < 1.29 is 23.9 Å². The number of nitrogens with one attached hydrogen (secondary N) is 2. The van der Waals surface area contributed by atoms with Crippen LogP contribution in [0.4, 0.5) is 4.79 Å². The molecule has 0 saturated carbocycles. The third kappa shape index (κ3) is 4.67. The average Bonchev–Trinajstić information content (AvgIpc) is 2.84. The van der Waals surface area contributed by atoms with Gasteiger partial charge in [-0.2, -0.15) is 0 Å². The molecule has 4 rings (SSSR count). The first-order chi connectivity index (χ1) is 15.6. The van der Waals surface area contributed by atoms with Gasteiger partial charge >= 0.3 is 6.03 Å². The van der Waals surface area contributed by atoms with Crippen molar-refractivity contribution in [2.75, 3.05) is 39.8 Å². The summed E-state index contributed by atoms with van der Waals surface area (Å²) in [5.74, 6) is 0.654. The number of carbonyl (C=O) groups excluding carboxylic acids is 3. The number of hydrogen-bond donors (Lipinski definition) is 2. The Bertz CT molecular complexity index is 975. The molecule has 4 amide bonds.